The molecule has 1 aliphatic rings. The highest BCUT2D eigenvalue weighted by Crippen LogP contribution is 2.19. The van der Waals surface area contributed by atoms with Crippen molar-refractivity contribution < 1.29 is 9.18 Å². The molecule has 0 bridgehead atoms. The summed E-state index contributed by atoms with van der Waals surface area (Å²) in [5.41, 5.74) is 2.15. The first-order chi connectivity index (χ1) is 12.6. The molecule has 0 aliphatic carbocycles. The number of anilines is 1. The number of amides is 1. The highest BCUT2D eigenvalue weighted by molar-refractivity contribution is 5.80. The maximum atomic E-state index is 14.2. The molecule has 3 aromatic rings. The van der Waals surface area contributed by atoms with Crippen LogP contribution in [0.25, 0.3) is 11.0 Å². The minimum atomic E-state index is -0.392. The van der Waals surface area contributed by atoms with E-state index in [0.29, 0.717) is 37.7 Å². The average molecular weight is 354 g/mol. The third kappa shape index (κ3) is 2.98. The molecule has 3 heterocycles. The predicted molar refractivity (Wildman–Crippen MR) is 95.3 cm³/mol. The van der Waals surface area contributed by atoms with E-state index in [1.165, 1.54) is 6.33 Å². The number of fused-ring (bicyclic) bond motifs is 1. The number of halogens is 1. The van der Waals surface area contributed by atoms with Crippen LogP contribution in [0, 0.1) is 12.7 Å². The lowest BCUT2D eigenvalue weighted by Crippen LogP contribution is -2.50. The monoisotopic (exact) mass is 354 g/mol. The van der Waals surface area contributed by atoms with Crippen molar-refractivity contribution in [2.45, 2.75) is 13.5 Å². The first-order valence-corrected chi connectivity index (χ1v) is 8.53. The van der Waals surface area contributed by atoms with Crippen LogP contribution in [-0.2, 0) is 11.3 Å². The fraction of sp³-hybridized carbons (Fsp3) is 0.333. The standard InChI is InChI=1S/C18H19FN6O/c1-13-17(19)18(21-11-20-13)24-8-6-23(7-9-24)16(26)10-25-12-22-14-4-2-3-5-15(14)25/h2-5,11-12H,6-10H2,1H3. The Kier molecular flexibility index (Phi) is 4.24. The van der Waals surface area contributed by atoms with Crippen molar-refractivity contribution in [2.75, 3.05) is 31.1 Å². The highest BCUT2D eigenvalue weighted by Gasteiger charge is 2.24. The molecule has 2 aromatic heterocycles. The largest absolute Gasteiger partial charge is 0.351 e. The average Bonchev–Trinajstić information content (AvgIpc) is 3.07. The van der Waals surface area contributed by atoms with E-state index < -0.39 is 5.82 Å². The summed E-state index contributed by atoms with van der Waals surface area (Å²) in [5.74, 6) is -0.0468. The number of carbonyl (C=O) groups is 1. The van der Waals surface area contributed by atoms with Crippen LogP contribution >= 0.6 is 0 Å². The van der Waals surface area contributed by atoms with E-state index in [0.717, 1.165) is 11.0 Å². The molecule has 26 heavy (non-hydrogen) atoms. The molecule has 1 saturated heterocycles. The van der Waals surface area contributed by atoms with Crippen molar-refractivity contribution >= 4 is 22.8 Å². The van der Waals surface area contributed by atoms with Gasteiger partial charge >= 0.3 is 0 Å². The third-order valence-electron chi connectivity index (χ3n) is 4.71. The van der Waals surface area contributed by atoms with E-state index in [9.17, 15) is 9.18 Å². The van der Waals surface area contributed by atoms with Gasteiger partial charge in [-0.15, -0.1) is 0 Å². The van der Waals surface area contributed by atoms with E-state index in [-0.39, 0.29) is 12.5 Å². The number of imidazole rings is 1. The fourth-order valence-electron chi connectivity index (χ4n) is 3.22. The number of aromatic nitrogens is 4. The van der Waals surface area contributed by atoms with Crippen LogP contribution in [0.1, 0.15) is 5.69 Å². The number of para-hydroxylation sites is 2. The van der Waals surface area contributed by atoms with Gasteiger partial charge in [-0.3, -0.25) is 4.79 Å². The Morgan fingerprint density at radius 2 is 1.88 bits per heavy atom. The molecule has 0 N–H and O–H groups in total. The molecule has 8 heteroatoms. The molecular weight excluding hydrogens is 335 g/mol. The molecular formula is C18H19FN6O. The fourth-order valence-corrected chi connectivity index (χ4v) is 3.22. The lowest BCUT2D eigenvalue weighted by atomic mass is 10.2. The smallest absolute Gasteiger partial charge is 0.242 e. The van der Waals surface area contributed by atoms with E-state index in [1.54, 1.807) is 18.2 Å². The van der Waals surface area contributed by atoms with Crippen LogP contribution in [0.4, 0.5) is 10.2 Å². The Labute approximate surface area is 150 Å². The SMILES string of the molecule is Cc1ncnc(N2CCN(C(=O)Cn3cnc4ccccc43)CC2)c1F. The number of nitrogens with zero attached hydrogens (tertiary/aromatic N) is 6. The molecule has 0 atom stereocenters. The number of hydrogen-bond acceptors (Lipinski definition) is 5. The van der Waals surface area contributed by atoms with Crippen LogP contribution in [-0.4, -0.2) is 56.5 Å². The summed E-state index contributed by atoms with van der Waals surface area (Å²) >= 11 is 0. The van der Waals surface area contributed by atoms with Gasteiger partial charge in [0.25, 0.3) is 0 Å². The van der Waals surface area contributed by atoms with Gasteiger partial charge in [-0.2, -0.15) is 0 Å². The van der Waals surface area contributed by atoms with Gasteiger partial charge in [-0.05, 0) is 19.1 Å². The minimum absolute atomic E-state index is 0.0344. The number of carbonyl (C=O) groups excluding carboxylic acids is 1. The van der Waals surface area contributed by atoms with Gasteiger partial charge in [0.2, 0.25) is 5.91 Å². The van der Waals surface area contributed by atoms with Crippen molar-refractivity contribution in [3.8, 4) is 0 Å². The summed E-state index contributed by atoms with van der Waals surface area (Å²) in [6.07, 6.45) is 3.06. The van der Waals surface area contributed by atoms with Crippen molar-refractivity contribution in [1.82, 2.24) is 24.4 Å². The molecule has 7 nitrogen and oxygen atoms in total. The Hall–Kier alpha value is -3.03. The van der Waals surface area contributed by atoms with Gasteiger partial charge in [-0.25, -0.2) is 19.3 Å². The Morgan fingerprint density at radius 1 is 1.12 bits per heavy atom. The second kappa shape index (κ2) is 6.70. The van der Waals surface area contributed by atoms with Gasteiger partial charge in [-0.1, -0.05) is 12.1 Å². The predicted octanol–water partition coefficient (Wildman–Crippen LogP) is 1.62. The minimum Gasteiger partial charge on any atom is -0.351 e. The first-order valence-electron chi connectivity index (χ1n) is 8.53. The van der Waals surface area contributed by atoms with Crippen molar-refractivity contribution in [2.24, 2.45) is 0 Å². The third-order valence-corrected chi connectivity index (χ3v) is 4.71. The van der Waals surface area contributed by atoms with Crippen LogP contribution < -0.4 is 4.90 Å². The van der Waals surface area contributed by atoms with Crippen LogP contribution in [0.3, 0.4) is 0 Å². The number of piperazine rings is 1. The summed E-state index contributed by atoms with van der Waals surface area (Å²) in [5, 5.41) is 0. The second-order valence-electron chi connectivity index (χ2n) is 6.33. The Morgan fingerprint density at radius 3 is 2.69 bits per heavy atom. The van der Waals surface area contributed by atoms with Crippen molar-refractivity contribution in [1.29, 1.82) is 0 Å². The van der Waals surface area contributed by atoms with Crippen molar-refractivity contribution in [3.63, 3.8) is 0 Å². The number of aryl methyl sites for hydroxylation is 1. The summed E-state index contributed by atoms with van der Waals surface area (Å²) in [4.78, 5) is 28.5. The summed E-state index contributed by atoms with van der Waals surface area (Å²) in [6.45, 7) is 4.03. The molecule has 0 spiro atoms. The molecule has 134 valence electrons. The molecule has 0 unspecified atom stereocenters. The normalized spacial score (nSPS) is 14.8. The Balaban J connectivity index is 1.41. The van der Waals surface area contributed by atoms with E-state index >= 15 is 0 Å². The van der Waals surface area contributed by atoms with Crippen LogP contribution in [0.15, 0.2) is 36.9 Å². The van der Waals surface area contributed by atoms with Gasteiger partial charge in [0.05, 0.1) is 23.1 Å². The summed E-state index contributed by atoms with van der Waals surface area (Å²) < 4.78 is 16.0. The molecule has 4 rings (SSSR count). The van der Waals surface area contributed by atoms with Crippen LogP contribution in [0.2, 0.25) is 0 Å². The van der Waals surface area contributed by atoms with E-state index in [1.807, 2.05) is 33.7 Å². The summed E-state index contributed by atoms with van der Waals surface area (Å²) in [6, 6.07) is 7.73. The zero-order chi connectivity index (χ0) is 18.1. The Bertz CT molecular complexity index is 948. The lowest BCUT2D eigenvalue weighted by molar-refractivity contribution is -0.132. The number of benzene rings is 1. The molecule has 1 aliphatic heterocycles. The molecule has 1 aromatic carbocycles. The molecule has 0 radical (unpaired) electrons. The lowest BCUT2D eigenvalue weighted by Gasteiger charge is -2.35. The number of rotatable bonds is 3. The molecule has 0 saturated carbocycles. The van der Waals surface area contributed by atoms with Crippen LogP contribution in [0.5, 0.6) is 0 Å². The van der Waals surface area contributed by atoms with E-state index in [2.05, 4.69) is 15.0 Å². The molecule has 1 fully saturated rings. The number of hydrogen-bond donors (Lipinski definition) is 0. The quantitative estimate of drug-likeness (QED) is 0.715. The maximum absolute atomic E-state index is 14.2. The zero-order valence-electron chi connectivity index (χ0n) is 14.5. The summed E-state index contributed by atoms with van der Waals surface area (Å²) in [7, 11) is 0. The van der Waals surface area contributed by atoms with Crippen molar-refractivity contribution in [3.05, 3.63) is 48.4 Å². The first kappa shape index (κ1) is 16.4. The van der Waals surface area contributed by atoms with Gasteiger partial charge in [0, 0.05) is 26.2 Å². The highest BCUT2D eigenvalue weighted by atomic mass is 19.1. The molecule has 1 amide bonds. The van der Waals surface area contributed by atoms with Gasteiger partial charge in [0.15, 0.2) is 11.6 Å². The van der Waals surface area contributed by atoms with Gasteiger partial charge < -0.3 is 14.4 Å². The second-order valence-corrected chi connectivity index (χ2v) is 6.33. The maximum Gasteiger partial charge on any atom is 0.242 e. The zero-order valence-corrected chi connectivity index (χ0v) is 14.5. The topological polar surface area (TPSA) is 67.2 Å². The van der Waals surface area contributed by atoms with E-state index in [4.69, 9.17) is 0 Å². The van der Waals surface area contributed by atoms with Gasteiger partial charge in [0.1, 0.15) is 12.9 Å².